The molecule has 14 N–H and O–H groups in total. The number of nitrogens with zero attached hydrogens (tertiary/aromatic N) is 18. The summed E-state index contributed by atoms with van der Waals surface area (Å²) in [6.45, 7) is 26.3. The summed E-state index contributed by atoms with van der Waals surface area (Å²) in [5, 5.41) is 34.5. The summed E-state index contributed by atoms with van der Waals surface area (Å²) < 4.78 is 28.4. The van der Waals surface area contributed by atoms with Crippen molar-refractivity contribution < 1.29 is 18.3 Å². The smallest absolute Gasteiger partial charge is 0.325 e. The molecule has 127 heavy (non-hydrogen) atoms. The minimum Gasteiger partial charge on any atom is -0.465 e. The van der Waals surface area contributed by atoms with E-state index in [2.05, 4.69) is 219 Å². The van der Waals surface area contributed by atoms with Gasteiger partial charge in [-0.05, 0) is 253 Å². The maximum atomic E-state index is 13.1. The van der Waals surface area contributed by atoms with Gasteiger partial charge in [0.15, 0.2) is 5.82 Å². The third kappa shape index (κ3) is 27.2. The first kappa shape index (κ1) is 93.2. The maximum Gasteiger partial charge on any atom is 0.325 e. The van der Waals surface area contributed by atoms with E-state index in [4.69, 9.17) is 43.1 Å². The van der Waals surface area contributed by atoms with E-state index in [1.54, 1.807) is 37.4 Å². The molecule has 0 atom stereocenters. The second kappa shape index (κ2) is 45.2. The van der Waals surface area contributed by atoms with Gasteiger partial charge in [-0.25, -0.2) is 49.2 Å². The van der Waals surface area contributed by atoms with Crippen molar-refractivity contribution in [2.45, 2.75) is 141 Å². The number of hydrogen-bond acceptors (Lipinski definition) is 30. The number of nitriles is 1. The van der Waals surface area contributed by atoms with Gasteiger partial charge in [-0.3, -0.25) is 14.9 Å². The summed E-state index contributed by atoms with van der Waals surface area (Å²) in [6.07, 6.45) is 8.65. The van der Waals surface area contributed by atoms with Gasteiger partial charge in [-0.15, -0.1) is 10.2 Å². The summed E-state index contributed by atoms with van der Waals surface area (Å²) in [5.41, 5.74) is 54.8. The predicted octanol–water partition coefficient (Wildman–Crippen LogP) is 17.2. The number of nitrogens with two attached hydrogens (primary N) is 5. The lowest BCUT2D eigenvalue weighted by atomic mass is 10.00. The number of carbonyl (C=O) groups is 1. The van der Waals surface area contributed by atoms with Gasteiger partial charge in [0, 0.05) is 107 Å². The van der Waals surface area contributed by atoms with Crippen LogP contribution in [0, 0.1) is 93.3 Å². The van der Waals surface area contributed by atoms with Gasteiger partial charge >= 0.3 is 5.97 Å². The number of halogens is 2. The third-order valence-corrected chi connectivity index (χ3v) is 22.1. The largest absolute Gasteiger partial charge is 0.465 e. The van der Waals surface area contributed by atoms with Crippen molar-refractivity contribution in [2.75, 3.05) is 70.9 Å². The van der Waals surface area contributed by atoms with E-state index in [1.165, 1.54) is 73.7 Å². The zero-order valence-electron chi connectivity index (χ0n) is 73.1. The zero-order chi connectivity index (χ0) is 90.6. The Morgan fingerprint density at radius 1 is 0.480 bits per heavy atom. The second-order valence-electron chi connectivity index (χ2n) is 30.0. The highest BCUT2D eigenvalue weighted by atomic mass is 79.9. The van der Waals surface area contributed by atoms with Crippen LogP contribution in [0.4, 0.5) is 51.6 Å². The van der Waals surface area contributed by atoms with Crippen LogP contribution < -0.4 is 44.6 Å². The lowest BCUT2D eigenvalue weighted by Gasteiger charge is -2.11. The Labute approximate surface area is 750 Å². The molecule has 9 heterocycles. The molecule has 0 saturated heterocycles. The van der Waals surface area contributed by atoms with Crippen molar-refractivity contribution in [3.05, 3.63) is 275 Å². The molecule has 0 amide bonds. The number of esters is 1. The fourth-order valence-corrected chi connectivity index (χ4v) is 14.4. The van der Waals surface area contributed by atoms with Gasteiger partial charge in [0.05, 0.1) is 40.6 Å². The molecule has 33 heteroatoms. The fourth-order valence-electron chi connectivity index (χ4n) is 13.3. The van der Waals surface area contributed by atoms with Crippen LogP contribution >= 0.6 is 27.5 Å². The van der Waals surface area contributed by atoms with E-state index in [9.17, 15) is 9.18 Å². The molecule has 0 bridgehead atoms. The van der Waals surface area contributed by atoms with Crippen molar-refractivity contribution in [1.29, 1.82) is 5.26 Å². The van der Waals surface area contributed by atoms with Gasteiger partial charge in [0.1, 0.15) is 46.7 Å². The summed E-state index contributed by atoms with van der Waals surface area (Å²) in [6, 6.07) is 52.0. The number of rotatable bonds is 27. The number of carbonyl (C=O) groups excluding carboxylic acids is 1. The number of nitrogens with one attached hydrogen (secondary N) is 4. The topological polar surface area (TPSA) is 464 Å². The van der Waals surface area contributed by atoms with Crippen LogP contribution in [0.2, 0.25) is 0 Å². The summed E-state index contributed by atoms with van der Waals surface area (Å²) >= 11 is 4.69. The van der Waals surface area contributed by atoms with Crippen LogP contribution in [-0.2, 0) is 48.1 Å². The Balaban J connectivity index is 0.000000155. The molecule has 15 aromatic rings. The molecule has 0 unspecified atom stereocenters. The summed E-state index contributed by atoms with van der Waals surface area (Å²) in [5.74, 6) is 5.07. The molecule has 0 saturated carbocycles. The molecule has 0 spiro atoms. The van der Waals surface area contributed by atoms with E-state index in [1.807, 2.05) is 106 Å². The molecule has 0 fully saturated rings. The molecular formula is C94H103BrFN27O3S. The predicted molar refractivity (Wildman–Crippen MR) is 502 cm³/mol. The fraction of sp³-hybridized carbons (Fsp3) is 0.266. The number of hydrogen-bond donors (Lipinski definition) is 9. The van der Waals surface area contributed by atoms with Crippen molar-refractivity contribution in [1.82, 2.24) is 89.6 Å². The number of ether oxygens (including phenoxy) is 1. The van der Waals surface area contributed by atoms with E-state index in [0.29, 0.717) is 71.1 Å². The quantitative estimate of drug-likeness (QED) is 0.0170. The Bertz CT molecular complexity index is 6300. The van der Waals surface area contributed by atoms with E-state index >= 15 is 0 Å². The standard InChI is InChI=1S/C23H22FN5O.C21H22N6.C17H19BrN6S.C17H20N6.C16H20N4O2/c1-14-5-3-7-19(15(14)2)20-13-18(26-23(25)27-20)6-4-8-21-28-29-22(30-21)16-9-11-17(24)12-10-16;1-14-5-3-7-18(15(14)2)19-11-20(27-21(23)26-19)24-10-4-6-17-9-8-16(12-22)13-25-17;1-10-5-3-6-12(11(10)2)13-9-14(22-17(19)21-13)20-8-4-7-15-23-16(18)24-25-15;1-10-5-4-6-14(11(10)2)15-9-13(20-17(18)21-15)7-8-16-19-12(3)22-23-16;1-4-22-15(21)9-18-14-8-13(19-16(17)20-14)12-7-5-6-10(2)11(12)3/h3,5,7,9-13H,4,6,8H2,1-2H3,(H2,25,26,27);3,5,7-9,11,13H,4,6,10H2,1-2H3,(H3,23,24,26,27);3,5-6,9H,4,7-8H2,1-2H3,(H3,19,20,21,22);4-6,9H,7-8H2,1-3H3,(H2,18,20,21)(H,19,22,23);5-8H,4,9H2,1-3H3,(H3,17,18,19,20). The SMILES string of the molecule is CCOC(=O)CNc1cc(-c2cccc(C)c2C)nc(N)n1.Cc1cccc(-c2cc(CCCc3nnc(-c4ccc(F)cc4)o3)nc(N)n2)c1C.Cc1cccc(-c2cc(NCCCc3ccc(C#N)cn3)nc(N)n2)c1C.Cc1cccc(-c2cc(NCCCc3nc(Br)ns3)nc(N)n2)c1C.Cc1nc(CCc2cc(-c3cccc(C)c3C)nc(N)n2)n[nH]1. The number of aryl methyl sites for hydroxylation is 12. The van der Waals surface area contributed by atoms with Crippen LogP contribution in [0.3, 0.4) is 0 Å². The molecule has 15 rings (SSSR count). The summed E-state index contributed by atoms with van der Waals surface area (Å²) in [4.78, 5) is 67.5. The first-order chi connectivity index (χ1) is 61.1. The molecule has 0 aliphatic heterocycles. The van der Waals surface area contributed by atoms with E-state index in [0.717, 1.165) is 153 Å². The number of H-pyrrole nitrogens is 1. The van der Waals surface area contributed by atoms with Crippen LogP contribution in [-0.4, -0.2) is 122 Å². The van der Waals surface area contributed by atoms with E-state index in [-0.39, 0.29) is 42.1 Å². The number of aromatic nitrogens is 18. The average Bonchev–Trinajstić information content (AvgIpc) is 1.01. The van der Waals surface area contributed by atoms with Crippen LogP contribution in [0.25, 0.3) is 67.7 Å². The Morgan fingerprint density at radius 2 is 0.913 bits per heavy atom. The van der Waals surface area contributed by atoms with Crippen molar-refractivity contribution in [3.63, 3.8) is 0 Å². The first-order valence-corrected chi connectivity index (χ1v) is 42.9. The zero-order valence-corrected chi connectivity index (χ0v) is 75.5. The Hall–Kier alpha value is -14.5. The van der Waals surface area contributed by atoms with Crippen molar-refractivity contribution in [2.24, 2.45) is 0 Å². The minimum atomic E-state index is -0.340. The molecular weight excluding hydrogens is 1690 g/mol. The number of aromatic amines is 1. The Morgan fingerprint density at radius 3 is 1.33 bits per heavy atom. The van der Waals surface area contributed by atoms with Crippen LogP contribution in [0.5, 0.6) is 0 Å². The van der Waals surface area contributed by atoms with Gasteiger partial charge in [-0.1, -0.05) is 91.0 Å². The lowest BCUT2D eigenvalue weighted by molar-refractivity contribution is -0.140. The highest BCUT2D eigenvalue weighted by Crippen LogP contribution is 2.32. The Kier molecular flexibility index (Phi) is 33.2. The van der Waals surface area contributed by atoms with Gasteiger partial charge in [0.25, 0.3) is 0 Å². The third-order valence-electron chi connectivity index (χ3n) is 20.8. The molecule has 0 aliphatic rings. The molecule has 30 nitrogen and oxygen atoms in total. The number of nitrogen functional groups attached to an aromatic ring is 5. The van der Waals surface area contributed by atoms with Crippen molar-refractivity contribution in [3.8, 4) is 73.8 Å². The van der Waals surface area contributed by atoms with Crippen molar-refractivity contribution >= 4 is 80.6 Å². The normalized spacial score (nSPS) is 10.7. The number of pyridine rings is 1. The molecule has 6 aromatic carbocycles. The lowest BCUT2D eigenvalue weighted by Crippen LogP contribution is -2.17. The molecule has 0 aliphatic carbocycles. The first-order valence-electron chi connectivity index (χ1n) is 41.3. The molecule has 9 aromatic heterocycles. The molecule has 0 radical (unpaired) electrons. The maximum absolute atomic E-state index is 13.1. The summed E-state index contributed by atoms with van der Waals surface area (Å²) in [7, 11) is 0. The molecule has 652 valence electrons. The average molecular weight is 1790 g/mol. The van der Waals surface area contributed by atoms with Gasteiger partial charge < -0.3 is 53.8 Å². The van der Waals surface area contributed by atoms with Crippen LogP contribution in [0.1, 0.15) is 127 Å². The number of benzene rings is 6. The highest BCUT2D eigenvalue weighted by molar-refractivity contribution is 9.10. The monoisotopic (exact) mass is 1790 g/mol. The highest BCUT2D eigenvalue weighted by Gasteiger charge is 2.18. The van der Waals surface area contributed by atoms with Crippen LogP contribution in [0.15, 0.2) is 173 Å². The minimum absolute atomic E-state index is 0.0382. The van der Waals surface area contributed by atoms with Gasteiger partial charge in [-0.2, -0.15) is 29.7 Å². The van der Waals surface area contributed by atoms with Gasteiger partial charge in [0.2, 0.25) is 46.3 Å². The van der Waals surface area contributed by atoms with E-state index < -0.39 is 0 Å². The second-order valence-corrected chi connectivity index (χ2v) is 31.5. The number of anilines is 8.